The SMILES string of the molecule is Cc1[nH]ncc1S(=O)(=O)Nc1ccc(C(C)(C)C(=O)O)cc1. The summed E-state index contributed by atoms with van der Waals surface area (Å²) < 4.78 is 26.9. The van der Waals surface area contributed by atoms with Crippen LogP contribution in [-0.4, -0.2) is 29.7 Å². The summed E-state index contributed by atoms with van der Waals surface area (Å²) in [6, 6.07) is 6.25. The van der Waals surface area contributed by atoms with Crippen LogP contribution < -0.4 is 4.72 Å². The molecule has 0 saturated heterocycles. The number of aromatic amines is 1. The number of anilines is 1. The second kappa shape index (κ2) is 5.45. The van der Waals surface area contributed by atoms with Gasteiger partial charge < -0.3 is 5.11 Å². The molecule has 0 unspecified atom stereocenters. The summed E-state index contributed by atoms with van der Waals surface area (Å²) in [7, 11) is -3.73. The zero-order valence-electron chi connectivity index (χ0n) is 12.4. The molecule has 2 aromatic rings. The Bertz CT molecular complexity index is 792. The number of carbonyl (C=O) groups is 1. The molecule has 0 saturated carbocycles. The van der Waals surface area contributed by atoms with Crippen LogP contribution in [0.15, 0.2) is 35.4 Å². The summed E-state index contributed by atoms with van der Waals surface area (Å²) in [5, 5.41) is 15.4. The van der Waals surface area contributed by atoms with Gasteiger partial charge in [0.05, 0.1) is 17.3 Å². The molecule has 7 nitrogen and oxygen atoms in total. The van der Waals surface area contributed by atoms with Crippen LogP contribution in [0.25, 0.3) is 0 Å². The van der Waals surface area contributed by atoms with Crippen LogP contribution in [0.1, 0.15) is 25.1 Å². The van der Waals surface area contributed by atoms with Crippen LogP contribution in [0.2, 0.25) is 0 Å². The van der Waals surface area contributed by atoms with E-state index in [4.69, 9.17) is 0 Å². The van der Waals surface area contributed by atoms with Crippen LogP contribution in [0.5, 0.6) is 0 Å². The Hall–Kier alpha value is -2.35. The molecule has 2 rings (SSSR count). The predicted octanol–water partition coefficient (Wildman–Crippen LogP) is 1.88. The van der Waals surface area contributed by atoms with E-state index in [9.17, 15) is 18.3 Å². The van der Waals surface area contributed by atoms with Crippen molar-refractivity contribution in [3.63, 3.8) is 0 Å². The third-order valence-electron chi connectivity index (χ3n) is 3.47. The molecule has 0 radical (unpaired) electrons. The largest absolute Gasteiger partial charge is 0.481 e. The number of hydrogen-bond acceptors (Lipinski definition) is 4. The number of nitrogens with zero attached hydrogens (tertiary/aromatic N) is 1. The number of carboxylic acid groups (broad SMARTS) is 1. The number of hydrogen-bond donors (Lipinski definition) is 3. The van der Waals surface area contributed by atoms with Gasteiger partial charge in [0.1, 0.15) is 4.90 Å². The fraction of sp³-hybridized carbons (Fsp3) is 0.286. The van der Waals surface area contributed by atoms with E-state index in [0.717, 1.165) is 0 Å². The Labute approximate surface area is 128 Å². The molecule has 1 aromatic heterocycles. The lowest BCUT2D eigenvalue weighted by Crippen LogP contribution is -2.28. The minimum Gasteiger partial charge on any atom is -0.481 e. The van der Waals surface area contributed by atoms with Crippen molar-refractivity contribution in [1.82, 2.24) is 10.2 Å². The number of rotatable bonds is 5. The summed E-state index contributed by atoms with van der Waals surface area (Å²) >= 11 is 0. The summed E-state index contributed by atoms with van der Waals surface area (Å²) in [5.74, 6) is -0.949. The number of sulfonamides is 1. The molecule has 0 fully saturated rings. The molecule has 0 atom stereocenters. The fourth-order valence-corrected chi connectivity index (χ4v) is 3.10. The number of benzene rings is 1. The van der Waals surface area contributed by atoms with Crippen LogP contribution >= 0.6 is 0 Å². The molecule has 1 heterocycles. The molecular formula is C14H17N3O4S. The fourth-order valence-electron chi connectivity index (χ4n) is 1.90. The Morgan fingerprint density at radius 3 is 2.32 bits per heavy atom. The Morgan fingerprint density at radius 1 is 1.27 bits per heavy atom. The first-order chi connectivity index (χ1) is 10.1. The predicted molar refractivity (Wildman–Crippen MR) is 81.2 cm³/mol. The first-order valence-corrected chi connectivity index (χ1v) is 7.99. The Kier molecular flexibility index (Phi) is 3.97. The third-order valence-corrected chi connectivity index (χ3v) is 4.96. The van der Waals surface area contributed by atoms with Gasteiger partial charge in [0.25, 0.3) is 10.0 Å². The first kappa shape index (κ1) is 16.0. The standard InChI is InChI=1S/C14H17N3O4S/c1-9-12(8-15-16-9)22(20,21)17-11-6-4-10(5-7-11)14(2,3)13(18)19/h4-8,17H,1-3H3,(H,15,16)(H,18,19). The van der Waals surface area contributed by atoms with Crippen LogP contribution in [-0.2, 0) is 20.2 Å². The van der Waals surface area contributed by atoms with E-state index in [1.54, 1.807) is 32.9 Å². The van der Waals surface area contributed by atoms with Gasteiger partial charge in [0.2, 0.25) is 0 Å². The molecule has 3 N–H and O–H groups in total. The van der Waals surface area contributed by atoms with Gasteiger partial charge in [-0.2, -0.15) is 5.10 Å². The van der Waals surface area contributed by atoms with Crippen LogP contribution in [0, 0.1) is 6.92 Å². The van der Waals surface area contributed by atoms with Gasteiger partial charge in [-0.05, 0) is 38.5 Å². The zero-order valence-corrected chi connectivity index (χ0v) is 13.2. The molecule has 0 amide bonds. The Morgan fingerprint density at radius 2 is 1.86 bits per heavy atom. The van der Waals surface area contributed by atoms with Gasteiger partial charge in [-0.25, -0.2) is 8.42 Å². The summed E-state index contributed by atoms with van der Waals surface area (Å²) in [4.78, 5) is 11.3. The van der Waals surface area contributed by atoms with Crippen LogP contribution in [0.4, 0.5) is 5.69 Å². The number of H-pyrrole nitrogens is 1. The molecule has 0 spiro atoms. The topological polar surface area (TPSA) is 112 Å². The zero-order chi connectivity index (χ0) is 16.5. The first-order valence-electron chi connectivity index (χ1n) is 6.51. The lowest BCUT2D eigenvalue weighted by Gasteiger charge is -2.20. The van der Waals surface area contributed by atoms with E-state index in [-0.39, 0.29) is 4.90 Å². The third kappa shape index (κ3) is 2.96. The van der Waals surface area contributed by atoms with Crippen molar-refractivity contribution in [2.45, 2.75) is 31.1 Å². The maximum absolute atomic E-state index is 12.2. The normalized spacial score (nSPS) is 12.1. The highest BCUT2D eigenvalue weighted by Gasteiger charge is 2.29. The molecule has 0 aliphatic rings. The lowest BCUT2D eigenvalue weighted by atomic mass is 9.85. The summed E-state index contributed by atoms with van der Waals surface area (Å²) in [6.45, 7) is 4.78. The highest BCUT2D eigenvalue weighted by atomic mass is 32.2. The number of aromatic nitrogens is 2. The molecule has 1 aromatic carbocycles. The molecule has 0 aliphatic heterocycles. The average Bonchev–Trinajstić information content (AvgIpc) is 2.86. The number of aliphatic carboxylic acids is 1. The van der Waals surface area contributed by atoms with Crippen molar-refractivity contribution >= 4 is 21.7 Å². The van der Waals surface area contributed by atoms with E-state index < -0.39 is 21.4 Å². The number of aryl methyl sites for hydroxylation is 1. The van der Waals surface area contributed by atoms with E-state index in [1.807, 2.05) is 0 Å². The highest BCUT2D eigenvalue weighted by Crippen LogP contribution is 2.25. The quantitative estimate of drug-likeness (QED) is 0.777. The minimum absolute atomic E-state index is 0.0717. The maximum atomic E-state index is 12.2. The average molecular weight is 323 g/mol. The van der Waals surface area contributed by atoms with Gasteiger partial charge >= 0.3 is 5.97 Å². The summed E-state index contributed by atoms with van der Waals surface area (Å²) in [5.41, 5.74) is 0.336. The van der Waals surface area contributed by atoms with Crippen molar-refractivity contribution < 1.29 is 18.3 Å². The molecule has 22 heavy (non-hydrogen) atoms. The van der Waals surface area contributed by atoms with Crippen molar-refractivity contribution in [3.8, 4) is 0 Å². The van der Waals surface area contributed by atoms with Crippen molar-refractivity contribution in [1.29, 1.82) is 0 Å². The second-order valence-electron chi connectivity index (χ2n) is 5.47. The highest BCUT2D eigenvalue weighted by molar-refractivity contribution is 7.92. The van der Waals surface area contributed by atoms with E-state index in [0.29, 0.717) is 16.9 Å². The molecule has 0 bridgehead atoms. The van der Waals surface area contributed by atoms with E-state index >= 15 is 0 Å². The Balaban J connectivity index is 2.26. The van der Waals surface area contributed by atoms with Crippen molar-refractivity contribution in [3.05, 3.63) is 41.7 Å². The van der Waals surface area contributed by atoms with E-state index in [2.05, 4.69) is 14.9 Å². The smallest absolute Gasteiger partial charge is 0.313 e. The van der Waals surface area contributed by atoms with Gasteiger partial charge in [-0.15, -0.1) is 0 Å². The van der Waals surface area contributed by atoms with E-state index in [1.165, 1.54) is 18.3 Å². The molecule has 8 heteroatoms. The van der Waals surface area contributed by atoms with Gasteiger partial charge in [-0.3, -0.25) is 14.6 Å². The molecular weight excluding hydrogens is 306 g/mol. The van der Waals surface area contributed by atoms with Crippen molar-refractivity contribution in [2.75, 3.05) is 4.72 Å². The minimum atomic E-state index is -3.73. The second-order valence-corrected chi connectivity index (χ2v) is 7.12. The van der Waals surface area contributed by atoms with Crippen molar-refractivity contribution in [2.24, 2.45) is 0 Å². The number of carboxylic acids is 1. The maximum Gasteiger partial charge on any atom is 0.313 e. The molecule has 0 aliphatic carbocycles. The number of nitrogens with one attached hydrogen (secondary N) is 2. The van der Waals surface area contributed by atoms with Crippen LogP contribution in [0.3, 0.4) is 0 Å². The monoisotopic (exact) mass is 323 g/mol. The molecule has 118 valence electrons. The van der Waals surface area contributed by atoms with Gasteiger partial charge in [0, 0.05) is 5.69 Å². The van der Waals surface area contributed by atoms with Gasteiger partial charge in [0.15, 0.2) is 0 Å². The summed E-state index contributed by atoms with van der Waals surface area (Å²) in [6.07, 6.45) is 1.24. The lowest BCUT2D eigenvalue weighted by molar-refractivity contribution is -0.142. The van der Waals surface area contributed by atoms with Gasteiger partial charge in [-0.1, -0.05) is 12.1 Å².